The summed E-state index contributed by atoms with van der Waals surface area (Å²) in [4.78, 5) is 0. The molecule has 0 heterocycles. The standard InChI is InChI=1S/C14H22O3S/c1-5-11-7-8-12(6-2)13(9-11)14(15)10(3)18(4,16)17/h7-10,14-15H,5-6H2,1-4H3. The molecule has 0 saturated heterocycles. The molecule has 0 amide bonds. The second-order valence-electron chi connectivity index (χ2n) is 4.72. The molecular formula is C14H22O3S. The quantitative estimate of drug-likeness (QED) is 0.893. The second-order valence-corrected chi connectivity index (χ2v) is 7.12. The third-order valence-electron chi connectivity index (χ3n) is 3.44. The number of hydrogen-bond acceptors (Lipinski definition) is 3. The summed E-state index contributed by atoms with van der Waals surface area (Å²) in [6.45, 7) is 5.59. The van der Waals surface area contributed by atoms with Crippen molar-refractivity contribution in [3.8, 4) is 0 Å². The number of benzene rings is 1. The molecule has 0 aliphatic carbocycles. The van der Waals surface area contributed by atoms with Crippen LogP contribution in [-0.2, 0) is 22.7 Å². The predicted molar refractivity (Wildman–Crippen MR) is 74.5 cm³/mol. The number of aliphatic hydroxyl groups is 1. The zero-order valence-corrected chi connectivity index (χ0v) is 12.3. The van der Waals surface area contributed by atoms with Gasteiger partial charge in [-0.3, -0.25) is 0 Å². The van der Waals surface area contributed by atoms with Crippen molar-refractivity contribution in [3.05, 3.63) is 34.9 Å². The summed E-state index contributed by atoms with van der Waals surface area (Å²) in [7, 11) is -3.24. The van der Waals surface area contributed by atoms with E-state index in [0.29, 0.717) is 0 Å². The molecule has 102 valence electrons. The summed E-state index contributed by atoms with van der Waals surface area (Å²) in [6.07, 6.45) is 1.86. The number of aryl methyl sites for hydroxylation is 2. The van der Waals surface area contributed by atoms with Crippen molar-refractivity contribution in [2.24, 2.45) is 0 Å². The van der Waals surface area contributed by atoms with Gasteiger partial charge in [-0.1, -0.05) is 32.0 Å². The Bertz CT molecular complexity index is 506. The van der Waals surface area contributed by atoms with Gasteiger partial charge in [0.15, 0.2) is 9.84 Å². The van der Waals surface area contributed by atoms with Gasteiger partial charge in [-0.05, 0) is 36.5 Å². The van der Waals surface area contributed by atoms with Gasteiger partial charge in [-0.15, -0.1) is 0 Å². The van der Waals surface area contributed by atoms with Gasteiger partial charge in [0.1, 0.15) is 0 Å². The zero-order chi connectivity index (χ0) is 13.9. The molecule has 2 unspecified atom stereocenters. The fraction of sp³-hybridized carbons (Fsp3) is 0.571. The minimum atomic E-state index is -3.24. The van der Waals surface area contributed by atoms with Gasteiger partial charge >= 0.3 is 0 Å². The van der Waals surface area contributed by atoms with Crippen LogP contribution in [0.25, 0.3) is 0 Å². The molecule has 18 heavy (non-hydrogen) atoms. The van der Waals surface area contributed by atoms with E-state index in [-0.39, 0.29) is 0 Å². The van der Waals surface area contributed by atoms with Crippen LogP contribution >= 0.6 is 0 Å². The highest BCUT2D eigenvalue weighted by Gasteiger charge is 2.26. The third-order valence-corrected chi connectivity index (χ3v) is 5.05. The van der Waals surface area contributed by atoms with Crippen LogP contribution in [0.15, 0.2) is 18.2 Å². The van der Waals surface area contributed by atoms with E-state index in [4.69, 9.17) is 0 Å². The van der Waals surface area contributed by atoms with Crippen LogP contribution < -0.4 is 0 Å². The largest absolute Gasteiger partial charge is 0.387 e. The Labute approximate surface area is 110 Å². The van der Waals surface area contributed by atoms with E-state index in [1.165, 1.54) is 0 Å². The smallest absolute Gasteiger partial charge is 0.152 e. The average molecular weight is 270 g/mol. The highest BCUT2D eigenvalue weighted by atomic mass is 32.2. The lowest BCUT2D eigenvalue weighted by Gasteiger charge is -2.21. The molecule has 3 nitrogen and oxygen atoms in total. The Kier molecular flexibility index (Phi) is 4.93. The van der Waals surface area contributed by atoms with E-state index in [0.717, 1.165) is 35.8 Å². The molecule has 2 atom stereocenters. The van der Waals surface area contributed by atoms with Crippen LogP contribution in [0.1, 0.15) is 43.6 Å². The summed E-state index contributed by atoms with van der Waals surface area (Å²) in [6, 6.07) is 5.93. The first kappa shape index (κ1) is 15.2. The van der Waals surface area contributed by atoms with Crippen LogP contribution in [0.5, 0.6) is 0 Å². The van der Waals surface area contributed by atoms with Crippen molar-refractivity contribution in [3.63, 3.8) is 0 Å². The lowest BCUT2D eigenvalue weighted by molar-refractivity contribution is 0.175. The third kappa shape index (κ3) is 3.33. The van der Waals surface area contributed by atoms with E-state index in [9.17, 15) is 13.5 Å². The van der Waals surface area contributed by atoms with Gasteiger partial charge in [0.25, 0.3) is 0 Å². The van der Waals surface area contributed by atoms with Gasteiger partial charge < -0.3 is 5.11 Å². The van der Waals surface area contributed by atoms with Gasteiger partial charge in [0, 0.05) is 6.26 Å². The molecule has 0 bridgehead atoms. The van der Waals surface area contributed by atoms with Crippen LogP contribution in [0.3, 0.4) is 0 Å². The van der Waals surface area contributed by atoms with E-state index >= 15 is 0 Å². The lowest BCUT2D eigenvalue weighted by Crippen LogP contribution is -2.25. The summed E-state index contributed by atoms with van der Waals surface area (Å²) in [5.41, 5.74) is 2.87. The van der Waals surface area contributed by atoms with Crippen LogP contribution in [0.2, 0.25) is 0 Å². The molecule has 1 N–H and O–H groups in total. The Hall–Kier alpha value is -0.870. The zero-order valence-electron chi connectivity index (χ0n) is 11.5. The lowest BCUT2D eigenvalue weighted by atomic mass is 9.95. The van der Waals surface area contributed by atoms with Crippen molar-refractivity contribution < 1.29 is 13.5 Å². The highest BCUT2D eigenvalue weighted by Crippen LogP contribution is 2.26. The van der Waals surface area contributed by atoms with Crippen molar-refractivity contribution in [1.29, 1.82) is 0 Å². The summed E-state index contributed by atoms with van der Waals surface area (Å²) in [5, 5.41) is 9.49. The summed E-state index contributed by atoms with van der Waals surface area (Å²) >= 11 is 0. The minimum absolute atomic E-state index is 0.745. The maximum Gasteiger partial charge on any atom is 0.152 e. The molecule has 0 aromatic heterocycles. The predicted octanol–water partition coefficient (Wildman–Crippen LogP) is 2.28. The summed E-state index contributed by atoms with van der Waals surface area (Å²) in [5.74, 6) is 0. The van der Waals surface area contributed by atoms with E-state index in [1.54, 1.807) is 6.92 Å². The summed E-state index contributed by atoms with van der Waals surface area (Å²) < 4.78 is 23.1. The first-order chi connectivity index (χ1) is 8.31. The molecule has 4 heteroatoms. The molecule has 1 aromatic rings. The van der Waals surface area contributed by atoms with Crippen molar-refractivity contribution in [2.45, 2.75) is 45.0 Å². The molecule has 0 aliphatic rings. The van der Waals surface area contributed by atoms with Crippen molar-refractivity contribution >= 4 is 9.84 Å². The fourth-order valence-corrected chi connectivity index (χ4v) is 2.56. The molecule has 1 aromatic carbocycles. The average Bonchev–Trinajstić information content (AvgIpc) is 2.35. The fourth-order valence-electron chi connectivity index (χ4n) is 1.95. The molecular weight excluding hydrogens is 248 g/mol. The molecule has 1 rings (SSSR count). The minimum Gasteiger partial charge on any atom is -0.387 e. The number of hydrogen-bond donors (Lipinski definition) is 1. The Morgan fingerprint density at radius 1 is 1.22 bits per heavy atom. The van der Waals surface area contributed by atoms with E-state index in [1.807, 2.05) is 32.0 Å². The van der Waals surface area contributed by atoms with Gasteiger partial charge in [-0.25, -0.2) is 8.42 Å². The number of aliphatic hydroxyl groups excluding tert-OH is 1. The first-order valence-electron chi connectivity index (χ1n) is 6.29. The van der Waals surface area contributed by atoms with Crippen molar-refractivity contribution in [1.82, 2.24) is 0 Å². The normalized spacial score (nSPS) is 15.4. The molecule has 0 saturated carbocycles. The molecule has 0 radical (unpaired) electrons. The monoisotopic (exact) mass is 270 g/mol. The first-order valence-corrected chi connectivity index (χ1v) is 8.25. The highest BCUT2D eigenvalue weighted by molar-refractivity contribution is 7.91. The van der Waals surface area contributed by atoms with Crippen molar-refractivity contribution in [2.75, 3.05) is 6.26 Å². The van der Waals surface area contributed by atoms with Gasteiger partial charge in [0.2, 0.25) is 0 Å². The van der Waals surface area contributed by atoms with Gasteiger partial charge in [0.05, 0.1) is 11.4 Å². The molecule has 0 fully saturated rings. The van der Waals surface area contributed by atoms with E-state index < -0.39 is 21.2 Å². The Morgan fingerprint density at radius 3 is 2.28 bits per heavy atom. The van der Waals surface area contributed by atoms with Gasteiger partial charge in [-0.2, -0.15) is 0 Å². The number of sulfone groups is 1. The van der Waals surface area contributed by atoms with Crippen LogP contribution in [-0.4, -0.2) is 25.0 Å². The second kappa shape index (κ2) is 5.85. The molecule has 0 aliphatic heterocycles. The maximum atomic E-state index is 11.5. The van der Waals surface area contributed by atoms with Crippen LogP contribution in [0.4, 0.5) is 0 Å². The molecule has 0 spiro atoms. The SMILES string of the molecule is CCc1ccc(CC)c(C(O)C(C)S(C)(=O)=O)c1. The maximum absolute atomic E-state index is 11.5. The Balaban J connectivity index is 3.22. The Morgan fingerprint density at radius 2 is 1.83 bits per heavy atom. The van der Waals surface area contributed by atoms with E-state index in [2.05, 4.69) is 0 Å². The number of rotatable bonds is 5. The van der Waals surface area contributed by atoms with Crippen LogP contribution in [0, 0.1) is 0 Å². The topological polar surface area (TPSA) is 54.4 Å².